The lowest BCUT2D eigenvalue weighted by atomic mass is 10.0. The van der Waals surface area contributed by atoms with Gasteiger partial charge in [-0.3, -0.25) is 5.41 Å². The van der Waals surface area contributed by atoms with E-state index in [9.17, 15) is 0 Å². The number of nitrogen functional groups attached to an aromatic ring is 1. The van der Waals surface area contributed by atoms with Crippen LogP contribution in [-0.4, -0.2) is 53.9 Å². The number of hydrogen-bond acceptors (Lipinski definition) is 5. The number of hydrogen-bond donors (Lipinski definition) is 2. The Morgan fingerprint density at radius 1 is 1.33 bits per heavy atom. The fourth-order valence-electron chi connectivity index (χ4n) is 2.23. The van der Waals surface area contributed by atoms with E-state index >= 15 is 0 Å². The lowest BCUT2D eigenvalue weighted by Gasteiger charge is -2.35. The van der Waals surface area contributed by atoms with E-state index in [0.717, 1.165) is 31.7 Å². The van der Waals surface area contributed by atoms with Gasteiger partial charge in [0, 0.05) is 19.1 Å². The molecule has 3 N–H and O–H groups in total. The van der Waals surface area contributed by atoms with Gasteiger partial charge in [-0.1, -0.05) is 0 Å². The molecule has 1 aromatic rings. The molecule has 0 unspecified atom stereocenters. The maximum atomic E-state index is 7.28. The molecule has 0 saturated carbocycles. The molecule has 0 amide bonds. The van der Waals surface area contributed by atoms with Crippen molar-refractivity contribution in [3.63, 3.8) is 0 Å². The zero-order valence-electron chi connectivity index (χ0n) is 10.9. The van der Waals surface area contributed by atoms with E-state index in [-0.39, 0.29) is 5.84 Å². The standard InChI is InChI=1S/C12H20N6/c1-17(2)9-3-5-18(6-4-9)11-8-15-10(7-16-11)12(13)14/h7-9H,3-6H2,1-2H3,(H3,13,14). The Labute approximate surface area is 107 Å². The van der Waals surface area contributed by atoms with Crippen LogP contribution in [0.15, 0.2) is 12.4 Å². The zero-order chi connectivity index (χ0) is 13.1. The van der Waals surface area contributed by atoms with Crippen LogP contribution in [0.25, 0.3) is 0 Å². The normalized spacial score (nSPS) is 17.2. The van der Waals surface area contributed by atoms with Crippen molar-refractivity contribution in [3.05, 3.63) is 18.1 Å². The van der Waals surface area contributed by atoms with E-state index < -0.39 is 0 Å². The SMILES string of the molecule is CN(C)C1CCN(c2cnc(C(=N)N)cn2)CC1. The molecule has 0 spiro atoms. The highest BCUT2D eigenvalue weighted by molar-refractivity contribution is 5.92. The van der Waals surface area contributed by atoms with Crippen molar-refractivity contribution in [3.8, 4) is 0 Å². The van der Waals surface area contributed by atoms with E-state index in [1.54, 1.807) is 12.4 Å². The summed E-state index contributed by atoms with van der Waals surface area (Å²) in [6, 6.07) is 0.658. The predicted octanol–water partition coefficient (Wildman–Crippen LogP) is 0.291. The summed E-state index contributed by atoms with van der Waals surface area (Å²) in [4.78, 5) is 13.0. The first-order chi connectivity index (χ1) is 8.58. The molecular formula is C12H20N6. The van der Waals surface area contributed by atoms with Gasteiger partial charge in [-0.25, -0.2) is 9.97 Å². The third kappa shape index (κ3) is 2.76. The Bertz CT molecular complexity index is 405. The number of piperidine rings is 1. The molecule has 6 nitrogen and oxygen atoms in total. The summed E-state index contributed by atoms with van der Waals surface area (Å²) in [6.07, 6.45) is 5.55. The maximum absolute atomic E-state index is 7.28. The number of rotatable bonds is 3. The highest BCUT2D eigenvalue weighted by Gasteiger charge is 2.21. The third-order valence-corrected chi connectivity index (χ3v) is 3.43. The molecule has 1 saturated heterocycles. The van der Waals surface area contributed by atoms with Gasteiger partial charge in [0.25, 0.3) is 0 Å². The number of aromatic nitrogens is 2. The molecule has 18 heavy (non-hydrogen) atoms. The van der Waals surface area contributed by atoms with Gasteiger partial charge in [0.15, 0.2) is 0 Å². The van der Waals surface area contributed by atoms with Gasteiger partial charge in [-0.05, 0) is 26.9 Å². The second-order valence-corrected chi connectivity index (χ2v) is 4.86. The molecule has 1 aliphatic rings. The van der Waals surface area contributed by atoms with Gasteiger partial charge >= 0.3 is 0 Å². The van der Waals surface area contributed by atoms with Crippen molar-refractivity contribution in [1.29, 1.82) is 5.41 Å². The van der Waals surface area contributed by atoms with Crippen molar-refractivity contribution in [2.24, 2.45) is 5.73 Å². The Balaban J connectivity index is 1.99. The second kappa shape index (κ2) is 5.30. The molecule has 0 atom stereocenters. The fourth-order valence-corrected chi connectivity index (χ4v) is 2.23. The first-order valence-electron chi connectivity index (χ1n) is 6.15. The molecule has 1 aromatic heterocycles. The summed E-state index contributed by atoms with van der Waals surface area (Å²) >= 11 is 0. The largest absolute Gasteiger partial charge is 0.382 e. The van der Waals surface area contributed by atoms with Crippen LogP contribution < -0.4 is 10.6 Å². The zero-order valence-corrected chi connectivity index (χ0v) is 10.9. The smallest absolute Gasteiger partial charge is 0.147 e. The van der Waals surface area contributed by atoms with E-state index in [1.165, 1.54) is 0 Å². The Morgan fingerprint density at radius 3 is 2.44 bits per heavy atom. The molecule has 0 radical (unpaired) electrons. The molecule has 2 rings (SSSR count). The van der Waals surface area contributed by atoms with Crippen molar-refractivity contribution < 1.29 is 0 Å². The van der Waals surface area contributed by atoms with Gasteiger partial charge in [-0.2, -0.15) is 0 Å². The van der Waals surface area contributed by atoms with Crippen molar-refractivity contribution >= 4 is 11.7 Å². The van der Waals surface area contributed by atoms with Crippen LogP contribution in [0.3, 0.4) is 0 Å². The molecule has 98 valence electrons. The number of amidine groups is 1. The Kier molecular flexibility index (Phi) is 3.76. The lowest BCUT2D eigenvalue weighted by Crippen LogP contribution is -2.42. The molecular weight excluding hydrogens is 228 g/mol. The van der Waals surface area contributed by atoms with Gasteiger partial charge in [0.1, 0.15) is 17.3 Å². The van der Waals surface area contributed by atoms with Crippen molar-refractivity contribution in [1.82, 2.24) is 14.9 Å². The van der Waals surface area contributed by atoms with Crippen LogP contribution in [0.4, 0.5) is 5.82 Å². The minimum Gasteiger partial charge on any atom is -0.382 e. The van der Waals surface area contributed by atoms with Gasteiger partial charge in [0.05, 0.1) is 12.4 Å². The topological polar surface area (TPSA) is 82.1 Å². The van der Waals surface area contributed by atoms with E-state index in [1.807, 2.05) is 0 Å². The summed E-state index contributed by atoms with van der Waals surface area (Å²) in [5.41, 5.74) is 5.79. The van der Waals surface area contributed by atoms with Crippen LogP contribution in [0.1, 0.15) is 18.5 Å². The summed E-state index contributed by atoms with van der Waals surface area (Å²) in [5, 5.41) is 7.28. The number of nitrogens with zero attached hydrogens (tertiary/aromatic N) is 4. The van der Waals surface area contributed by atoms with Gasteiger partial charge < -0.3 is 15.5 Å². The highest BCUT2D eigenvalue weighted by Crippen LogP contribution is 2.19. The average molecular weight is 248 g/mol. The molecule has 0 aliphatic carbocycles. The third-order valence-electron chi connectivity index (χ3n) is 3.43. The highest BCUT2D eigenvalue weighted by atomic mass is 15.2. The lowest BCUT2D eigenvalue weighted by molar-refractivity contribution is 0.249. The first kappa shape index (κ1) is 12.8. The van der Waals surface area contributed by atoms with E-state index in [2.05, 4.69) is 33.9 Å². The van der Waals surface area contributed by atoms with Crippen LogP contribution in [0.2, 0.25) is 0 Å². The van der Waals surface area contributed by atoms with Gasteiger partial charge in [0.2, 0.25) is 0 Å². The summed E-state index contributed by atoms with van der Waals surface area (Å²) < 4.78 is 0. The number of anilines is 1. The monoisotopic (exact) mass is 248 g/mol. The summed E-state index contributed by atoms with van der Waals surface area (Å²) in [7, 11) is 4.25. The van der Waals surface area contributed by atoms with Crippen LogP contribution in [-0.2, 0) is 0 Å². The average Bonchev–Trinajstić information content (AvgIpc) is 2.39. The number of nitrogens with two attached hydrogens (primary N) is 1. The Morgan fingerprint density at radius 2 is 2.00 bits per heavy atom. The Hall–Kier alpha value is -1.69. The van der Waals surface area contributed by atoms with Crippen LogP contribution in [0, 0.1) is 5.41 Å². The molecule has 0 aromatic carbocycles. The summed E-state index contributed by atoms with van der Waals surface area (Å²) in [6.45, 7) is 1.99. The van der Waals surface area contributed by atoms with Gasteiger partial charge in [-0.15, -0.1) is 0 Å². The molecule has 1 fully saturated rings. The second-order valence-electron chi connectivity index (χ2n) is 4.86. The maximum Gasteiger partial charge on any atom is 0.147 e. The minimum absolute atomic E-state index is 0.0413. The van der Waals surface area contributed by atoms with Crippen molar-refractivity contribution in [2.75, 3.05) is 32.1 Å². The minimum atomic E-state index is -0.0413. The quantitative estimate of drug-likeness (QED) is 0.593. The first-order valence-corrected chi connectivity index (χ1v) is 6.15. The molecule has 6 heteroatoms. The van der Waals surface area contributed by atoms with E-state index in [0.29, 0.717) is 11.7 Å². The molecule has 0 bridgehead atoms. The molecule has 1 aliphatic heterocycles. The fraction of sp³-hybridized carbons (Fsp3) is 0.583. The predicted molar refractivity (Wildman–Crippen MR) is 72.0 cm³/mol. The van der Waals surface area contributed by atoms with Crippen LogP contribution >= 0.6 is 0 Å². The molecule has 2 heterocycles. The number of nitrogens with one attached hydrogen (secondary N) is 1. The van der Waals surface area contributed by atoms with Crippen molar-refractivity contribution in [2.45, 2.75) is 18.9 Å². The summed E-state index contributed by atoms with van der Waals surface area (Å²) in [5.74, 6) is 0.831. The van der Waals surface area contributed by atoms with Crippen LogP contribution in [0.5, 0.6) is 0 Å². The van der Waals surface area contributed by atoms with E-state index in [4.69, 9.17) is 11.1 Å².